The first-order valence-electron chi connectivity index (χ1n) is 9.89. The molecule has 1 atom stereocenters. The van der Waals surface area contributed by atoms with Gasteiger partial charge in [0.05, 0.1) is 25.1 Å². The molecule has 0 saturated carbocycles. The Kier molecular flexibility index (Phi) is 6.99. The number of nitrogens with zero attached hydrogens (tertiary/aromatic N) is 3. The number of rotatable bonds is 8. The lowest BCUT2D eigenvalue weighted by Gasteiger charge is -2.16. The molecule has 0 fully saturated rings. The summed E-state index contributed by atoms with van der Waals surface area (Å²) in [5.41, 5.74) is 1.23. The minimum Gasteiger partial charge on any atom is -0.483 e. The average Bonchev–Trinajstić information content (AvgIpc) is 3.06. The van der Waals surface area contributed by atoms with Crippen LogP contribution in [0.25, 0.3) is 5.65 Å². The number of halogens is 4. The Labute approximate surface area is 186 Å². The van der Waals surface area contributed by atoms with Gasteiger partial charge in [0.2, 0.25) is 0 Å². The molecule has 0 saturated heterocycles. The smallest absolute Gasteiger partial charge is 0.389 e. The van der Waals surface area contributed by atoms with E-state index in [1.165, 1.54) is 29.7 Å². The van der Waals surface area contributed by atoms with Crippen LogP contribution in [-0.2, 0) is 16.1 Å². The maximum absolute atomic E-state index is 13.9. The lowest BCUT2D eigenvalue weighted by molar-refractivity contribution is -0.165. The van der Waals surface area contributed by atoms with E-state index in [1.807, 2.05) is 0 Å². The third kappa shape index (κ3) is 5.65. The molecule has 7 nitrogen and oxygen atoms in total. The van der Waals surface area contributed by atoms with E-state index in [4.69, 9.17) is 4.74 Å². The van der Waals surface area contributed by atoms with Gasteiger partial charge in [-0.15, -0.1) is 0 Å². The van der Waals surface area contributed by atoms with Crippen molar-refractivity contribution < 1.29 is 36.6 Å². The Morgan fingerprint density at radius 2 is 1.97 bits per heavy atom. The summed E-state index contributed by atoms with van der Waals surface area (Å²) in [5.74, 6) is -3.81. The number of hydrogen-bond donors (Lipinski definition) is 0. The first-order valence-corrected chi connectivity index (χ1v) is 9.89. The van der Waals surface area contributed by atoms with Gasteiger partial charge in [0.1, 0.15) is 23.8 Å². The summed E-state index contributed by atoms with van der Waals surface area (Å²) in [5, 5.41) is 0. The molecule has 0 amide bonds. The van der Waals surface area contributed by atoms with Gasteiger partial charge in [-0.05, 0) is 37.6 Å². The van der Waals surface area contributed by atoms with Crippen molar-refractivity contribution in [3.63, 3.8) is 0 Å². The van der Waals surface area contributed by atoms with Gasteiger partial charge in [-0.1, -0.05) is 0 Å². The fourth-order valence-corrected chi connectivity index (χ4v) is 3.48. The van der Waals surface area contributed by atoms with Crippen LogP contribution in [0.1, 0.15) is 40.3 Å². The molecule has 0 bridgehead atoms. The van der Waals surface area contributed by atoms with Crippen molar-refractivity contribution in [2.75, 3.05) is 7.11 Å². The predicted molar refractivity (Wildman–Crippen MR) is 108 cm³/mol. The lowest BCUT2D eigenvalue weighted by Crippen LogP contribution is -2.26. The Balaban J connectivity index is 1.94. The standard InChI is InChI=1S/C22H21F4N3O4/c1-12-7-18(33-11-16-15(23)5-4-6-27-16)20-28-13(2)19(29(20)10-12)17(30)8-14(21(31)32-3)9-22(24,25)26/h4-7,10,14H,8-9,11H2,1-3H3. The van der Waals surface area contributed by atoms with Gasteiger partial charge in [-0.25, -0.2) is 9.37 Å². The number of Topliss-reactive ketones (excluding diaryl/α,β-unsaturated/α-hetero) is 1. The highest BCUT2D eigenvalue weighted by molar-refractivity contribution is 5.98. The maximum Gasteiger partial charge on any atom is 0.389 e. The zero-order valence-electron chi connectivity index (χ0n) is 18.1. The molecule has 3 aromatic rings. The van der Waals surface area contributed by atoms with Crippen molar-refractivity contribution in [3.8, 4) is 5.75 Å². The molecule has 11 heteroatoms. The number of methoxy groups -OCH3 is 1. The Bertz CT molecular complexity index is 1190. The summed E-state index contributed by atoms with van der Waals surface area (Å²) in [6, 6.07) is 4.32. The van der Waals surface area contributed by atoms with E-state index in [0.29, 0.717) is 5.56 Å². The number of carbonyl (C=O) groups is 2. The Morgan fingerprint density at radius 1 is 1.24 bits per heavy atom. The first kappa shape index (κ1) is 24.1. The van der Waals surface area contributed by atoms with E-state index in [0.717, 1.165) is 7.11 Å². The normalized spacial score (nSPS) is 12.6. The molecule has 0 aliphatic heterocycles. The molecule has 1 unspecified atom stereocenters. The molecule has 3 heterocycles. The highest BCUT2D eigenvalue weighted by Gasteiger charge is 2.38. The van der Waals surface area contributed by atoms with Crippen molar-refractivity contribution in [1.82, 2.24) is 14.4 Å². The first-order chi connectivity index (χ1) is 15.5. The van der Waals surface area contributed by atoms with Crippen LogP contribution in [0.5, 0.6) is 5.75 Å². The van der Waals surface area contributed by atoms with Crippen LogP contribution in [-0.4, -0.2) is 39.4 Å². The molecule has 3 aromatic heterocycles. The van der Waals surface area contributed by atoms with Gasteiger partial charge in [0, 0.05) is 18.8 Å². The molecule has 176 valence electrons. The quantitative estimate of drug-likeness (QED) is 0.278. The maximum atomic E-state index is 13.9. The zero-order valence-corrected chi connectivity index (χ0v) is 18.1. The monoisotopic (exact) mass is 467 g/mol. The summed E-state index contributed by atoms with van der Waals surface area (Å²) in [6.07, 6.45) is -3.84. The number of alkyl halides is 3. The number of esters is 1. The van der Waals surface area contributed by atoms with Crippen molar-refractivity contribution >= 4 is 17.4 Å². The number of aromatic nitrogens is 3. The van der Waals surface area contributed by atoms with Crippen LogP contribution in [0.2, 0.25) is 0 Å². The number of fused-ring (bicyclic) bond motifs is 1. The molecule has 0 N–H and O–H groups in total. The molecule has 33 heavy (non-hydrogen) atoms. The highest BCUT2D eigenvalue weighted by Crippen LogP contribution is 2.30. The fourth-order valence-electron chi connectivity index (χ4n) is 3.48. The molecule has 0 aromatic carbocycles. The lowest BCUT2D eigenvalue weighted by atomic mass is 9.96. The van der Waals surface area contributed by atoms with Gasteiger partial charge in [-0.3, -0.25) is 19.0 Å². The van der Waals surface area contributed by atoms with Crippen LogP contribution in [0.4, 0.5) is 17.6 Å². The second-order valence-corrected chi connectivity index (χ2v) is 7.51. The molecule has 0 aliphatic carbocycles. The van der Waals surface area contributed by atoms with Crippen LogP contribution in [0.3, 0.4) is 0 Å². The minimum absolute atomic E-state index is 0.0265. The molecular weight excluding hydrogens is 446 g/mol. The largest absolute Gasteiger partial charge is 0.483 e. The Morgan fingerprint density at radius 3 is 2.61 bits per heavy atom. The molecular formula is C22H21F4N3O4. The van der Waals surface area contributed by atoms with Gasteiger partial charge < -0.3 is 9.47 Å². The number of aryl methyl sites for hydroxylation is 2. The van der Waals surface area contributed by atoms with E-state index in [1.54, 1.807) is 19.2 Å². The number of pyridine rings is 2. The average molecular weight is 467 g/mol. The third-order valence-corrected chi connectivity index (χ3v) is 4.90. The van der Waals surface area contributed by atoms with Crippen LogP contribution >= 0.6 is 0 Å². The number of imidazole rings is 1. The van der Waals surface area contributed by atoms with Crippen molar-refractivity contribution in [2.24, 2.45) is 5.92 Å². The van der Waals surface area contributed by atoms with Crippen molar-refractivity contribution in [1.29, 1.82) is 0 Å². The topological polar surface area (TPSA) is 82.8 Å². The zero-order chi connectivity index (χ0) is 24.3. The van der Waals surface area contributed by atoms with E-state index in [9.17, 15) is 27.2 Å². The molecule has 0 aliphatic rings. The summed E-state index contributed by atoms with van der Waals surface area (Å²) in [6.45, 7) is 3.05. The van der Waals surface area contributed by atoms with Gasteiger partial charge in [-0.2, -0.15) is 13.2 Å². The second-order valence-electron chi connectivity index (χ2n) is 7.51. The third-order valence-electron chi connectivity index (χ3n) is 4.90. The SMILES string of the molecule is COC(=O)C(CC(=O)c1c(C)nc2c(OCc3ncccc3F)cc(C)cn12)CC(F)(F)F. The summed E-state index contributed by atoms with van der Waals surface area (Å²) < 4.78 is 64.1. The van der Waals surface area contributed by atoms with E-state index in [2.05, 4.69) is 14.7 Å². The number of carbonyl (C=O) groups excluding carboxylic acids is 2. The highest BCUT2D eigenvalue weighted by atomic mass is 19.4. The van der Waals surface area contributed by atoms with Crippen LogP contribution in [0.15, 0.2) is 30.6 Å². The summed E-state index contributed by atoms with van der Waals surface area (Å²) >= 11 is 0. The second kappa shape index (κ2) is 9.55. The van der Waals surface area contributed by atoms with Crippen LogP contribution in [0, 0.1) is 25.6 Å². The summed E-state index contributed by atoms with van der Waals surface area (Å²) in [4.78, 5) is 33.1. The molecule has 0 spiro atoms. The predicted octanol–water partition coefficient (Wildman–Crippen LogP) is 4.38. The molecule has 0 radical (unpaired) electrons. The van der Waals surface area contributed by atoms with Gasteiger partial charge >= 0.3 is 12.1 Å². The molecule has 3 rings (SSSR count). The van der Waals surface area contributed by atoms with E-state index < -0.39 is 42.5 Å². The van der Waals surface area contributed by atoms with Crippen LogP contribution < -0.4 is 4.74 Å². The number of ketones is 1. The fraction of sp³-hybridized carbons (Fsp3) is 0.364. The van der Waals surface area contributed by atoms with Crippen molar-refractivity contribution in [2.45, 2.75) is 39.5 Å². The van der Waals surface area contributed by atoms with E-state index in [-0.39, 0.29) is 35.1 Å². The number of hydrogen-bond acceptors (Lipinski definition) is 6. The minimum atomic E-state index is -4.65. The van der Waals surface area contributed by atoms with Gasteiger partial charge in [0.25, 0.3) is 0 Å². The van der Waals surface area contributed by atoms with E-state index >= 15 is 0 Å². The summed E-state index contributed by atoms with van der Waals surface area (Å²) in [7, 11) is 0.965. The van der Waals surface area contributed by atoms with Crippen molar-refractivity contribution in [3.05, 3.63) is 59.1 Å². The van der Waals surface area contributed by atoms with Gasteiger partial charge in [0.15, 0.2) is 17.2 Å². The number of ether oxygens (including phenoxy) is 2. The Hall–Kier alpha value is -3.50.